The van der Waals surface area contributed by atoms with Gasteiger partial charge in [0.2, 0.25) is 0 Å². The summed E-state index contributed by atoms with van der Waals surface area (Å²) in [6, 6.07) is 18.8. The zero-order chi connectivity index (χ0) is 20.6. The first-order valence-corrected chi connectivity index (χ1v) is 10.2. The largest absolute Gasteiger partial charge is 0.462 e. The van der Waals surface area contributed by atoms with E-state index in [1.807, 2.05) is 61.5 Å². The summed E-state index contributed by atoms with van der Waals surface area (Å²) in [5, 5.41) is 0. The predicted octanol–water partition coefficient (Wildman–Crippen LogP) is 5.75. The lowest BCUT2D eigenvalue weighted by Gasteiger charge is -2.12. The van der Waals surface area contributed by atoms with Crippen LogP contribution in [0.2, 0.25) is 0 Å². The Morgan fingerprint density at radius 3 is 2.34 bits per heavy atom. The lowest BCUT2D eigenvalue weighted by Crippen LogP contribution is -2.18. The number of hydrogen-bond acceptors (Lipinski definition) is 3. The average molecular weight is 389 g/mol. The van der Waals surface area contributed by atoms with Gasteiger partial charge in [-0.1, -0.05) is 86.3 Å². The van der Waals surface area contributed by atoms with Crippen molar-refractivity contribution in [1.82, 2.24) is 4.98 Å². The van der Waals surface area contributed by atoms with Crippen LogP contribution >= 0.6 is 0 Å². The molecule has 0 bridgehead atoms. The van der Waals surface area contributed by atoms with E-state index in [9.17, 15) is 9.59 Å². The summed E-state index contributed by atoms with van der Waals surface area (Å²) in [4.78, 5) is 28.8. The Bertz CT molecular complexity index is 1000. The Labute approximate surface area is 171 Å². The van der Waals surface area contributed by atoms with Gasteiger partial charge in [0.25, 0.3) is 5.56 Å². The summed E-state index contributed by atoms with van der Waals surface area (Å²) in [6.45, 7) is 4.51. The number of unbranched alkanes of at least 4 members (excludes halogenated alkanes) is 3. The third kappa shape index (κ3) is 5.23. The lowest BCUT2D eigenvalue weighted by atomic mass is 9.99. The number of aromatic nitrogens is 1. The van der Waals surface area contributed by atoms with Crippen molar-refractivity contribution in [3.05, 3.63) is 82.1 Å². The van der Waals surface area contributed by atoms with Crippen LogP contribution in [0.4, 0.5) is 0 Å². The van der Waals surface area contributed by atoms with Gasteiger partial charge in [-0.2, -0.15) is 0 Å². The number of rotatable bonds is 8. The van der Waals surface area contributed by atoms with Crippen LogP contribution in [-0.4, -0.2) is 17.6 Å². The van der Waals surface area contributed by atoms with E-state index in [2.05, 4.69) is 11.9 Å². The predicted molar refractivity (Wildman–Crippen MR) is 117 cm³/mol. The van der Waals surface area contributed by atoms with Crippen molar-refractivity contribution >= 4 is 5.97 Å². The van der Waals surface area contributed by atoms with E-state index in [1.165, 1.54) is 0 Å². The van der Waals surface area contributed by atoms with Crippen molar-refractivity contribution in [2.75, 3.05) is 6.61 Å². The maximum absolute atomic E-state index is 13.0. The van der Waals surface area contributed by atoms with Crippen LogP contribution in [0.3, 0.4) is 0 Å². The molecule has 0 saturated carbocycles. The molecule has 0 aliphatic heterocycles. The number of benzene rings is 2. The quantitative estimate of drug-likeness (QED) is 0.394. The third-order valence-electron chi connectivity index (χ3n) is 4.91. The number of aromatic amines is 1. The number of aryl methyl sites for hydroxylation is 1. The van der Waals surface area contributed by atoms with Gasteiger partial charge in [0.05, 0.1) is 17.7 Å². The molecule has 0 saturated heterocycles. The molecule has 0 radical (unpaired) electrons. The minimum atomic E-state index is -0.459. The number of nitrogens with one attached hydrogen (secondary N) is 1. The molecule has 29 heavy (non-hydrogen) atoms. The molecule has 0 fully saturated rings. The average Bonchev–Trinajstić information content (AvgIpc) is 2.74. The number of ether oxygens (including phenoxy) is 1. The van der Waals surface area contributed by atoms with Crippen molar-refractivity contribution in [3.8, 4) is 22.4 Å². The molecule has 0 aliphatic carbocycles. The Kier molecular flexibility index (Phi) is 7.01. The number of carbonyl (C=O) groups excluding carboxylic acids is 1. The number of hydrogen-bond donors (Lipinski definition) is 1. The SMILES string of the molecule is CCCCCCOC(=O)c1cc(-c2ccc(C)cc2)[nH]c(=O)c1-c1ccccc1. The highest BCUT2D eigenvalue weighted by atomic mass is 16.5. The maximum atomic E-state index is 13.0. The van der Waals surface area contributed by atoms with Crippen LogP contribution < -0.4 is 5.56 Å². The highest BCUT2D eigenvalue weighted by molar-refractivity contribution is 5.98. The Morgan fingerprint density at radius 2 is 1.66 bits per heavy atom. The first-order valence-electron chi connectivity index (χ1n) is 10.2. The topological polar surface area (TPSA) is 59.2 Å². The van der Waals surface area contributed by atoms with Crippen molar-refractivity contribution in [2.24, 2.45) is 0 Å². The van der Waals surface area contributed by atoms with Gasteiger partial charge in [-0.15, -0.1) is 0 Å². The van der Waals surface area contributed by atoms with E-state index in [-0.39, 0.29) is 5.56 Å². The molecule has 4 heteroatoms. The number of H-pyrrole nitrogens is 1. The van der Waals surface area contributed by atoms with E-state index in [4.69, 9.17) is 4.74 Å². The van der Waals surface area contributed by atoms with Crippen LogP contribution in [0.5, 0.6) is 0 Å². The molecule has 0 atom stereocenters. The van der Waals surface area contributed by atoms with E-state index in [1.54, 1.807) is 6.07 Å². The van der Waals surface area contributed by atoms with Gasteiger partial charge in [0.1, 0.15) is 0 Å². The van der Waals surface area contributed by atoms with Gasteiger partial charge in [-0.3, -0.25) is 4.79 Å². The molecule has 0 amide bonds. The van der Waals surface area contributed by atoms with Crippen LogP contribution in [-0.2, 0) is 4.74 Å². The van der Waals surface area contributed by atoms with Crippen molar-refractivity contribution in [3.63, 3.8) is 0 Å². The fraction of sp³-hybridized carbons (Fsp3) is 0.280. The van der Waals surface area contributed by atoms with Crippen LogP contribution in [0.15, 0.2) is 65.5 Å². The molecule has 0 spiro atoms. The summed E-state index contributed by atoms with van der Waals surface area (Å²) in [7, 11) is 0. The standard InChI is InChI=1S/C25H27NO3/c1-3-4-5-9-16-29-25(28)21-17-22(19-14-12-18(2)13-15-19)26-24(27)23(21)20-10-7-6-8-11-20/h6-8,10-15,17H,3-5,9,16H2,1-2H3,(H,26,27). The fourth-order valence-electron chi connectivity index (χ4n) is 3.27. The number of carbonyl (C=O) groups is 1. The summed E-state index contributed by atoms with van der Waals surface area (Å²) in [5.74, 6) is -0.459. The molecule has 1 N–H and O–H groups in total. The first kappa shape index (κ1) is 20.6. The van der Waals surface area contributed by atoms with Gasteiger partial charge < -0.3 is 9.72 Å². The van der Waals surface area contributed by atoms with E-state index >= 15 is 0 Å². The monoisotopic (exact) mass is 389 g/mol. The molecule has 1 heterocycles. The highest BCUT2D eigenvalue weighted by Gasteiger charge is 2.19. The zero-order valence-electron chi connectivity index (χ0n) is 17.0. The zero-order valence-corrected chi connectivity index (χ0v) is 17.0. The second-order valence-electron chi connectivity index (χ2n) is 7.23. The first-order chi connectivity index (χ1) is 14.1. The van der Waals surface area contributed by atoms with Crippen molar-refractivity contribution in [2.45, 2.75) is 39.5 Å². The van der Waals surface area contributed by atoms with E-state index in [0.717, 1.165) is 36.8 Å². The molecule has 2 aromatic carbocycles. The molecule has 4 nitrogen and oxygen atoms in total. The Hall–Kier alpha value is -3.14. The van der Waals surface area contributed by atoms with Crippen LogP contribution in [0.1, 0.15) is 48.5 Å². The Morgan fingerprint density at radius 1 is 0.931 bits per heavy atom. The molecular formula is C25H27NO3. The normalized spacial score (nSPS) is 10.7. The molecule has 1 aromatic heterocycles. The molecule has 0 unspecified atom stereocenters. The van der Waals surface area contributed by atoms with Crippen molar-refractivity contribution in [1.29, 1.82) is 0 Å². The maximum Gasteiger partial charge on any atom is 0.339 e. The van der Waals surface area contributed by atoms with Gasteiger partial charge in [-0.05, 0) is 30.5 Å². The third-order valence-corrected chi connectivity index (χ3v) is 4.91. The molecular weight excluding hydrogens is 362 g/mol. The van der Waals surface area contributed by atoms with Gasteiger partial charge in [0.15, 0.2) is 0 Å². The summed E-state index contributed by atoms with van der Waals surface area (Å²) in [6.07, 6.45) is 4.10. The lowest BCUT2D eigenvalue weighted by molar-refractivity contribution is 0.0498. The summed E-state index contributed by atoms with van der Waals surface area (Å²) in [5.41, 5.74) is 3.63. The van der Waals surface area contributed by atoms with E-state index in [0.29, 0.717) is 29.0 Å². The highest BCUT2D eigenvalue weighted by Crippen LogP contribution is 2.25. The molecule has 3 rings (SSSR count). The van der Waals surface area contributed by atoms with E-state index < -0.39 is 5.97 Å². The molecule has 3 aromatic rings. The smallest absolute Gasteiger partial charge is 0.339 e. The van der Waals surface area contributed by atoms with Gasteiger partial charge in [0, 0.05) is 5.69 Å². The number of esters is 1. The second kappa shape index (κ2) is 9.87. The Balaban J connectivity index is 1.98. The van der Waals surface area contributed by atoms with Crippen molar-refractivity contribution < 1.29 is 9.53 Å². The second-order valence-corrected chi connectivity index (χ2v) is 7.23. The fourth-order valence-corrected chi connectivity index (χ4v) is 3.27. The summed E-state index contributed by atoms with van der Waals surface area (Å²) < 4.78 is 5.51. The minimum absolute atomic E-state index is 0.297. The van der Waals surface area contributed by atoms with Crippen LogP contribution in [0, 0.1) is 6.92 Å². The minimum Gasteiger partial charge on any atom is -0.462 e. The summed E-state index contributed by atoms with van der Waals surface area (Å²) >= 11 is 0. The molecule has 0 aliphatic rings. The van der Waals surface area contributed by atoms with Crippen LogP contribution in [0.25, 0.3) is 22.4 Å². The molecule has 150 valence electrons. The van der Waals surface area contributed by atoms with Gasteiger partial charge in [-0.25, -0.2) is 4.79 Å². The van der Waals surface area contributed by atoms with Gasteiger partial charge >= 0.3 is 5.97 Å². The number of pyridine rings is 1.